The van der Waals surface area contributed by atoms with Gasteiger partial charge in [-0.3, -0.25) is 9.59 Å². The second kappa shape index (κ2) is 15.3. The zero-order chi connectivity index (χ0) is 27.2. The molecule has 0 radical (unpaired) electrons. The summed E-state index contributed by atoms with van der Waals surface area (Å²) in [7, 11) is 0. The molecule has 7 nitrogen and oxygen atoms in total. The van der Waals surface area contributed by atoms with Gasteiger partial charge in [-0.05, 0) is 42.3 Å². The van der Waals surface area contributed by atoms with E-state index in [1.807, 2.05) is 43.3 Å². The molecule has 0 bridgehead atoms. The van der Waals surface area contributed by atoms with Crippen molar-refractivity contribution < 1.29 is 19.1 Å². The summed E-state index contributed by atoms with van der Waals surface area (Å²) in [4.78, 5) is 37.0. The summed E-state index contributed by atoms with van der Waals surface area (Å²) in [5.41, 5.74) is 4.41. The van der Waals surface area contributed by atoms with E-state index in [4.69, 9.17) is 4.74 Å². The molecule has 2 N–H and O–H groups in total. The fourth-order valence-electron chi connectivity index (χ4n) is 4.15. The van der Waals surface area contributed by atoms with E-state index in [1.54, 1.807) is 24.3 Å². The standard InChI is InChI=1S/C31H37N3O4/c1-3-4-5-6-7-8-9-17-29(35)32-22-30(36)34-33-21-27-26-16-11-10-14-24(26)18-19-28(27)38-31(37)25-15-12-13-23(2)20-25/h10-16,18-21H,3-9,17,22H2,1-2H3,(H,32,35)(H,34,36)/b33-21-. The predicted molar refractivity (Wildman–Crippen MR) is 151 cm³/mol. The van der Waals surface area contributed by atoms with Gasteiger partial charge in [-0.2, -0.15) is 5.10 Å². The minimum Gasteiger partial charge on any atom is -0.422 e. The molecule has 3 rings (SSSR count). The molecule has 3 aromatic rings. The molecule has 0 unspecified atom stereocenters. The van der Waals surface area contributed by atoms with E-state index in [0.717, 1.165) is 35.6 Å². The number of unbranched alkanes of at least 4 members (excludes halogenated alkanes) is 6. The maximum absolute atomic E-state index is 12.8. The molecule has 0 saturated heterocycles. The topological polar surface area (TPSA) is 96.9 Å². The van der Waals surface area contributed by atoms with Crippen LogP contribution in [0.3, 0.4) is 0 Å². The number of hydrogen-bond acceptors (Lipinski definition) is 5. The SMILES string of the molecule is CCCCCCCCCC(=O)NCC(=O)N/N=C\c1c(OC(=O)c2cccc(C)c2)ccc2ccccc12. The van der Waals surface area contributed by atoms with Crippen LogP contribution in [-0.2, 0) is 9.59 Å². The minimum atomic E-state index is -0.480. The van der Waals surface area contributed by atoms with Crippen LogP contribution in [0, 0.1) is 6.92 Å². The van der Waals surface area contributed by atoms with E-state index < -0.39 is 11.9 Å². The first-order valence-electron chi connectivity index (χ1n) is 13.4. The fraction of sp³-hybridized carbons (Fsp3) is 0.355. The van der Waals surface area contributed by atoms with E-state index in [2.05, 4.69) is 22.8 Å². The maximum Gasteiger partial charge on any atom is 0.343 e. The van der Waals surface area contributed by atoms with Gasteiger partial charge in [-0.1, -0.05) is 93.5 Å². The van der Waals surface area contributed by atoms with Crippen molar-refractivity contribution in [1.82, 2.24) is 10.7 Å². The molecule has 3 aromatic carbocycles. The number of fused-ring (bicyclic) bond motifs is 1. The third kappa shape index (κ3) is 9.14. The van der Waals surface area contributed by atoms with Crippen molar-refractivity contribution in [3.05, 3.63) is 77.4 Å². The molecule has 0 aliphatic carbocycles. The van der Waals surface area contributed by atoms with Crippen molar-refractivity contribution >= 4 is 34.8 Å². The van der Waals surface area contributed by atoms with Gasteiger partial charge in [-0.15, -0.1) is 0 Å². The number of nitrogens with zero attached hydrogens (tertiary/aromatic N) is 1. The average molecular weight is 516 g/mol. The van der Waals surface area contributed by atoms with Crippen LogP contribution in [0.5, 0.6) is 5.75 Å². The number of rotatable bonds is 14. The molecular formula is C31H37N3O4. The van der Waals surface area contributed by atoms with E-state index >= 15 is 0 Å². The van der Waals surface area contributed by atoms with Gasteiger partial charge in [0.2, 0.25) is 5.91 Å². The zero-order valence-corrected chi connectivity index (χ0v) is 22.3. The Morgan fingerprint density at radius 3 is 2.42 bits per heavy atom. The fourth-order valence-corrected chi connectivity index (χ4v) is 4.15. The lowest BCUT2D eigenvalue weighted by Crippen LogP contribution is -2.34. The molecule has 0 fully saturated rings. The number of amides is 2. The number of aryl methyl sites for hydroxylation is 1. The molecule has 38 heavy (non-hydrogen) atoms. The van der Waals surface area contributed by atoms with Crippen molar-refractivity contribution in [2.24, 2.45) is 5.10 Å². The first-order chi connectivity index (χ1) is 18.5. The van der Waals surface area contributed by atoms with Crippen LogP contribution >= 0.6 is 0 Å². The minimum absolute atomic E-state index is 0.142. The molecule has 0 saturated carbocycles. The largest absolute Gasteiger partial charge is 0.422 e. The van der Waals surface area contributed by atoms with E-state index in [0.29, 0.717) is 23.3 Å². The first-order valence-corrected chi connectivity index (χ1v) is 13.4. The summed E-state index contributed by atoms with van der Waals surface area (Å²) >= 11 is 0. The van der Waals surface area contributed by atoms with Gasteiger partial charge in [-0.25, -0.2) is 10.2 Å². The Morgan fingerprint density at radius 1 is 0.868 bits per heavy atom. The van der Waals surface area contributed by atoms with Gasteiger partial charge < -0.3 is 10.1 Å². The summed E-state index contributed by atoms with van der Waals surface area (Å²) in [5, 5.41) is 8.47. The molecule has 0 heterocycles. The van der Waals surface area contributed by atoms with Gasteiger partial charge in [0.05, 0.1) is 18.3 Å². The van der Waals surface area contributed by atoms with Crippen LogP contribution in [0.4, 0.5) is 0 Å². The summed E-state index contributed by atoms with van der Waals surface area (Å²) < 4.78 is 5.71. The summed E-state index contributed by atoms with van der Waals surface area (Å²) in [6.45, 7) is 3.94. The average Bonchev–Trinajstić information content (AvgIpc) is 2.92. The van der Waals surface area contributed by atoms with Crippen LogP contribution in [0.25, 0.3) is 10.8 Å². The Morgan fingerprint density at radius 2 is 1.63 bits per heavy atom. The molecule has 0 aliphatic rings. The van der Waals surface area contributed by atoms with Crippen molar-refractivity contribution in [3.63, 3.8) is 0 Å². The Hall–Kier alpha value is -4.00. The molecule has 2 amide bonds. The normalized spacial score (nSPS) is 11.0. The maximum atomic E-state index is 12.8. The highest BCUT2D eigenvalue weighted by molar-refractivity contribution is 6.04. The van der Waals surface area contributed by atoms with Crippen molar-refractivity contribution in [3.8, 4) is 5.75 Å². The highest BCUT2D eigenvalue weighted by Gasteiger charge is 2.14. The Balaban J connectivity index is 1.55. The smallest absolute Gasteiger partial charge is 0.343 e. The van der Waals surface area contributed by atoms with Gasteiger partial charge in [0, 0.05) is 12.0 Å². The number of hydrogen-bond donors (Lipinski definition) is 2. The van der Waals surface area contributed by atoms with Crippen molar-refractivity contribution in [2.75, 3.05) is 6.54 Å². The van der Waals surface area contributed by atoms with Crippen LogP contribution in [-0.4, -0.2) is 30.5 Å². The third-order valence-electron chi connectivity index (χ3n) is 6.22. The quantitative estimate of drug-likeness (QED) is 0.0895. The lowest BCUT2D eigenvalue weighted by molar-refractivity contribution is -0.126. The molecule has 0 aromatic heterocycles. The van der Waals surface area contributed by atoms with E-state index in [-0.39, 0.29) is 12.5 Å². The molecule has 200 valence electrons. The second-order valence-electron chi connectivity index (χ2n) is 9.40. The number of ether oxygens (including phenoxy) is 1. The van der Waals surface area contributed by atoms with E-state index in [9.17, 15) is 14.4 Å². The number of hydrazone groups is 1. The highest BCUT2D eigenvalue weighted by Crippen LogP contribution is 2.27. The van der Waals surface area contributed by atoms with Gasteiger partial charge in [0.25, 0.3) is 5.91 Å². The number of benzene rings is 3. The van der Waals surface area contributed by atoms with Crippen LogP contribution in [0.2, 0.25) is 0 Å². The monoisotopic (exact) mass is 515 g/mol. The lowest BCUT2D eigenvalue weighted by Gasteiger charge is -2.11. The summed E-state index contributed by atoms with van der Waals surface area (Å²) in [5.74, 6) is -0.729. The van der Waals surface area contributed by atoms with Gasteiger partial charge in [0.15, 0.2) is 0 Å². The van der Waals surface area contributed by atoms with Gasteiger partial charge in [0.1, 0.15) is 5.75 Å². The van der Waals surface area contributed by atoms with Crippen LogP contribution in [0.15, 0.2) is 65.8 Å². The lowest BCUT2D eigenvalue weighted by atomic mass is 10.0. The Kier molecular flexibility index (Phi) is 11.5. The molecule has 7 heteroatoms. The zero-order valence-electron chi connectivity index (χ0n) is 22.3. The molecule has 0 atom stereocenters. The second-order valence-corrected chi connectivity index (χ2v) is 9.40. The van der Waals surface area contributed by atoms with Crippen LogP contribution < -0.4 is 15.5 Å². The van der Waals surface area contributed by atoms with Gasteiger partial charge >= 0.3 is 5.97 Å². The van der Waals surface area contributed by atoms with Crippen LogP contribution in [0.1, 0.15) is 79.8 Å². The number of nitrogens with one attached hydrogen (secondary N) is 2. The predicted octanol–water partition coefficient (Wildman–Crippen LogP) is 6.07. The van der Waals surface area contributed by atoms with E-state index in [1.165, 1.54) is 31.9 Å². The first kappa shape index (κ1) is 28.6. The molecule has 0 spiro atoms. The van der Waals surface area contributed by atoms with Crippen molar-refractivity contribution in [2.45, 2.75) is 65.2 Å². The number of esters is 1. The Labute approximate surface area is 224 Å². The van der Waals surface area contributed by atoms with Crippen molar-refractivity contribution in [1.29, 1.82) is 0 Å². The molecule has 0 aliphatic heterocycles. The summed E-state index contributed by atoms with van der Waals surface area (Å²) in [6.07, 6.45) is 9.79. The summed E-state index contributed by atoms with van der Waals surface area (Å²) in [6, 6.07) is 18.4. The third-order valence-corrected chi connectivity index (χ3v) is 6.22. The Bertz CT molecular complexity index is 1270. The number of carbonyl (C=O) groups is 3. The highest BCUT2D eigenvalue weighted by atomic mass is 16.5. The molecular weight excluding hydrogens is 478 g/mol. The number of carbonyl (C=O) groups excluding carboxylic acids is 3.